The van der Waals surface area contributed by atoms with Gasteiger partial charge in [-0.1, -0.05) is 20.3 Å². The van der Waals surface area contributed by atoms with Gasteiger partial charge in [-0.15, -0.1) is 0 Å². The molecule has 0 spiro atoms. The van der Waals surface area contributed by atoms with Crippen LogP contribution >= 0.6 is 11.8 Å². The van der Waals surface area contributed by atoms with E-state index in [1.165, 1.54) is 18.7 Å². The minimum atomic E-state index is -1.27. The monoisotopic (exact) mass is 420 g/mol. The molecule has 0 rings (SSSR count). The van der Waals surface area contributed by atoms with Crippen LogP contribution in [0, 0.1) is 5.92 Å². The Morgan fingerprint density at radius 1 is 1.00 bits per heavy atom. The standard InChI is InChI=1S/C17H32N4O6S/c1-5-9(2)13(17(26)27)21-15(24)11(6-7-28-4)19-16(25)12(8-22)20-14(23)10(3)18/h9-13,22H,5-8,18H2,1-4H3,(H,19,25)(H,20,23)(H,21,24)(H,26,27). The van der Waals surface area contributed by atoms with E-state index >= 15 is 0 Å². The highest BCUT2D eigenvalue weighted by Gasteiger charge is 2.31. The van der Waals surface area contributed by atoms with Crippen LogP contribution in [-0.4, -0.2) is 76.7 Å². The molecule has 0 aromatic rings. The molecule has 0 fully saturated rings. The summed E-state index contributed by atoms with van der Waals surface area (Å²) < 4.78 is 0. The zero-order valence-corrected chi connectivity index (χ0v) is 17.5. The molecule has 0 saturated heterocycles. The Morgan fingerprint density at radius 2 is 1.54 bits per heavy atom. The molecule has 0 bridgehead atoms. The Labute approximate surface area is 169 Å². The van der Waals surface area contributed by atoms with Gasteiger partial charge in [0, 0.05) is 0 Å². The number of rotatable bonds is 13. The summed E-state index contributed by atoms with van der Waals surface area (Å²) in [5.41, 5.74) is 5.43. The second-order valence-corrected chi connectivity index (χ2v) is 7.57. The summed E-state index contributed by atoms with van der Waals surface area (Å²) in [5, 5.41) is 26.0. The quantitative estimate of drug-likeness (QED) is 0.213. The summed E-state index contributed by atoms with van der Waals surface area (Å²) >= 11 is 1.46. The first kappa shape index (κ1) is 26.1. The number of nitrogens with two attached hydrogens (primary N) is 1. The number of hydrogen-bond acceptors (Lipinski definition) is 7. The van der Waals surface area contributed by atoms with Crippen molar-refractivity contribution < 1.29 is 29.4 Å². The second kappa shape index (κ2) is 13.3. The van der Waals surface area contributed by atoms with Gasteiger partial charge in [-0.25, -0.2) is 4.79 Å². The van der Waals surface area contributed by atoms with Gasteiger partial charge in [0.15, 0.2) is 0 Å². The number of aliphatic hydroxyl groups is 1. The van der Waals surface area contributed by atoms with Gasteiger partial charge in [0.05, 0.1) is 12.6 Å². The third-order valence-electron chi connectivity index (χ3n) is 4.25. The Balaban J connectivity index is 5.22. The molecular weight excluding hydrogens is 388 g/mol. The number of amides is 3. The number of aliphatic hydroxyl groups excluding tert-OH is 1. The maximum atomic E-state index is 12.6. The molecule has 0 aliphatic carbocycles. The number of nitrogens with one attached hydrogen (secondary N) is 3. The van der Waals surface area contributed by atoms with E-state index in [1.807, 2.05) is 13.2 Å². The molecule has 0 radical (unpaired) electrons. The fraction of sp³-hybridized carbons (Fsp3) is 0.765. The number of carbonyl (C=O) groups excluding carboxylic acids is 3. The van der Waals surface area contributed by atoms with Crippen LogP contribution in [0.3, 0.4) is 0 Å². The molecule has 0 aromatic heterocycles. The lowest BCUT2D eigenvalue weighted by atomic mass is 9.98. The van der Waals surface area contributed by atoms with Crippen LogP contribution in [0.15, 0.2) is 0 Å². The Hall–Kier alpha value is -1.85. The average Bonchev–Trinajstić information content (AvgIpc) is 2.65. The zero-order chi connectivity index (χ0) is 21.9. The Bertz CT molecular complexity index is 546. The van der Waals surface area contributed by atoms with Crippen LogP contribution in [0.5, 0.6) is 0 Å². The molecule has 10 nitrogen and oxygen atoms in total. The average molecular weight is 421 g/mol. The van der Waals surface area contributed by atoms with Crippen molar-refractivity contribution in [2.45, 2.75) is 57.8 Å². The highest BCUT2D eigenvalue weighted by Crippen LogP contribution is 2.09. The molecule has 28 heavy (non-hydrogen) atoms. The number of hydrogen-bond donors (Lipinski definition) is 6. The second-order valence-electron chi connectivity index (χ2n) is 6.59. The number of carbonyl (C=O) groups is 4. The van der Waals surface area contributed by atoms with Gasteiger partial charge < -0.3 is 31.9 Å². The Kier molecular flexibility index (Phi) is 12.5. The first-order chi connectivity index (χ1) is 13.1. The summed E-state index contributed by atoms with van der Waals surface area (Å²) in [5.74, 6) is -2.93. The zero-order valence-electron chi connectivity index (χ0n) is 16.7. The third kappa shape index (κ3) is 8.89. The van der Waals surface area contributed by atoms with Gasteiger partial charge in [0.2, 0.25) is 17.7 Å². The maximum Gasteiger partial charge on any atom is 0.326 e. The highest BCUT2D eigenvalue weighted by atomic mass is 32.2. The van der Waals surface area contributed by atoms with E-state index in [0.717, 1.165) is 0 Å². The predicted octanol–water partition coefficient (Wildman–Crippen LogP) is -1.34. The first-order valence-electron chi connectivity index (χ1n) is 9.08. The fourth-order valence-electron chi connectivity index (χ4n) is 2.21. The number of thioether (sulfide) groups is 1. The van der Waals surface area contributed by atoms with Crippen LogP contribution < -0.4 is 21.7 Å². The van der Waals surface area contributed by atoms with Crippen molar-refractivity contribution in [1.29, 1.82) is 0 Å². The SMILES string of the molecule is CCC(C)C(NC(=O)C(CCSC)NC(=O)C(CO)NC(=O)C(C)N)C(=O)O. The molecule has 162 valence electrons. The van der Waals surface area contributed by atoms with Gasteiger partial charge in [-0.05, 0) is 31.3 Å². The lowest BCUT2D eigenvalue weighted by Gasteiger charge is -2.25. The van der Waals surface area contributed by atoms with Gasteiger partial charge >= 0.3 is 5.97 Å². The third-order valence-corrected chi connectivity index (χ3v) is 4.89. The summed E-state index contributed by atoms with van der Waals surface area (Å²) in [6.07, 6.45) is 2.63. The first-order valence-corrected chi connectivity index (χ1v) is 10.5. The van der Waals surface area contributed by atoms with E-state index in [2.05, 4.69) is 16.0 Å². The van der Waals surface area contributed by atoms with Crippen molar-refractivity contribution in [3.05, 3.63) is 0 Å². The molecule has 0 aliphatic rings. The van der Waals surface area contributed by atoms with Crippen LogP contribution in [0.25, 0.3) is 0 Å². The molecule has 11 heteroatoms. The van der Waals surface area contributed by atoms with Crippen molar-refractivity contribution in [3.8, 4) is 0 Å². The van der Waals surface area contributed by atoms with Gasteiger partial charge in [0.1, 0.15) is 18.1 Å². The van der Waals surface area contributed by atoms with E-state index in [0.29, 0.717) is 12.2 Å². The molecule has 0 saturated carbocycles. The number of carboxylic acid groups (broad SMARTS) is 1. The highest BCUT2D eigenvalue weighted by molar-refractivity contribution is 7.98. The largest absolute Gasteiger partial charge is 0.480 e. The smallest absolute Gasteiger partial charge is 0.326 e. The minimum absolute atomic E-state index is 0.255. The summed E-state index contributed by atoms with van der Waals surface area (Å²) in [7, 11) is 0. The van der Waals surface area contributed by atoms with Crippen molar-refractivity contribution in [2.75, 3.05) is 18.6 Å². The topological polar surface area (TPSA) is 171 Å². The molecule has 0 aliphatic heterocycles. The van der Waals surface area contributed by atoms with Crippen molar-refractivity contribution in [3.63, 3.8) is 0 Å². The molecule has 7 N–H and O–H groups in total. The lowest BCUT2D eigenvalue weighted by Crippen LogP contribution is -2.58. The van der Waals surface area contributed by atoms with Crippen LogP contribution in [0.2, 0.25) is 0 Å². The minimum Gasteiger partial charge on any atom is -0.480 e. The van der Waals surface area contributed by atoms with Crippen molar-refractivity contribution in [2.24, 2.45) is 11.7 Å². The van der Waals surface area contributed by atoms with Crippen LogP contribution in [0.1, 0.15) is 33.6 Å². The molecule has 0 aromatic carbocycles. The molecular formula is C17H32N4O6S. The van der Waals surface area contributed by atoms with Crippen molar-refractivity contribution >= 4 is 35.5 Å². The van der Waals surface area contributed by atoms with Gasteiger partial charge in [0.25, 0.3) is 0 Å². The summed E-state index contributed by atoms with van der Waals surface area (Å²) in [4.78, 5) is 48.1. The van der Waals surface area contributed by atoms with E-state index in [9.17, 15) is 29.4 Å². The normalized spacial score (nSPS) is 16.2. The predicted molar refractivity (Wildman–Crippen MR) is 107 cm³/mol. The van der Waals surface area contributed by atoms with Gasteiger partial charge in [-0.2, -0.15) is 11.8 Å². The number of aliphatic carboxylic acids is 1. The van der Waals surface area contributed by atoms with E-state index in [-0.39, 0.29) is 12.3 Å². The van der Waals surface area contributed by atoms with Crippen LogP contribution in [-0.2, 0) is 19.2 Å². The van der Waals surface area contributed by atoms with E-state index in [1.54, 1.807) is 6.92 Å². The van der Waals surface area contributed by atoms with E-state index < -0.39 is 54.5 Å². The van der Waals surface area contributed by atoms with E-state index in [4.69, 9.17) is 5.73 Å². The molecule has 5 atom stereocenters. The van der Waals surface area contributed by atoms with Crippen LogP contribution in [0.4, 0.5) is 0 Å². The van der Waals surface area contributed by atoms with Crippen molar-refractivity contribution in [1.82, 2.24) is 16.0 Å². The summed E-state index contributed by atoms with van der Waals surface area (Å²) in [6.45, 7) is 4.27. The Morgan fingerprint density at radius 3 is 1.96 bits per heavy atom. The molecule has 0 heterocycles. The maximum absolute atomic E-state index is 12.6. The lowest BCUT2D eigenvalue weighted by molar-refractivity contribution is -0.143. The molecule has 5 unspecified atom stereocenters. The number of carboxylic acids is 1. The fourth-order valence-corrected chi connectivity index (χ4v) is 2.68. The summed E-state index contributed by atoms with van der Waals surface area (Å²) in [6, 6.07) is -4.23. The molecule has 3 amide bonds. The van der Waals surface area contributed by atoms with Gasteiger partial charge in [-0.3, -0.25) is 14.4 Å².